The zero-order chi connectivity index (χ0) is 16.8. The summed E-state index contributed by atoms with van der Waals surface area (Å²) < 4.78 is 22.2. The zero-order valence-corrected chi connectivity index (χ0v) is 13.2. The van der Waals surface area contributed by atoms with Gasteiger partial charge in [-0.1, -0.05) is 13.0 Å². The molecule has 2 atom stereocenters. The Bertz CT molecular complexity index is 828. The molecule has 24 heavy (non-hydrogen) atoms. The fraction of sp³-hybridized carbons (Fsp3) is 0.278. The molecule has 4 rings (SSSR count). The topological polar surface area (TPSA) is 74.2 Å². The number of benzene rings is 2. The van der Waals surface area contributed by atoms with E-state index in [1.807, 2.05) is 25.1 Å². The lowest BCUT2D eigenvalue weighted by atomic mass is 9.91. The molecule has 2 aliphatic rings. The molecule has 0 aromatic heterocycles. The lowest BCUT2D eigenvalue weighted by molar-refractivity contribution is 0.0696. The Morgan fingerprint density at radius 2 is 2.00 bits per heavy atom. The van der Waals surface area contributed by atoms with Gasteiger partial charge in [0.1, 0.15) is 6.10 Å². The molecule has 2 aromatic rings. The van der Waals surface area contributed by atoms with Gasteiger partial charge in [0, 0.05) is 11.5 Å². The number of hydrogen-bond acceptors (Lipinski definition) is 5. The van der Waals surface area contributed by atoms with Gasteiger partial charge in [0.05, 0.1) is 12.7 Å². The summed E-state index contributed by atoms with van der Waals surface area (Å²) in [5.41, 5.74) is 1.96. The summed E-state index contributed by atoms with van der Waals surface area (Å²) in [4.78, 5) is 11.3. The van der Waals surface area contributed by atoms with Crippen molar-refractivity contribution in [3.8, 4) is 23.0 Å². The molecule has 0 amide bonds. The van der Waals surface area contributed by atoms with E-state index in [0.29, 0.717) is 23.0 Å². The molecule has 0 spiro atoms. The van der Waals surface area contributed by atoms with Crippen molar-refractivity contribution in [1.82, 2.24) is 0 Å². The summed E-state index contributed by atoms with van der Waals surface area (Å²) in [6.45, 7) is 2.22. The standard InChI is InChI=1S/C18H16O6/c1-9-12-5-11(18(19)20)7-15(21-2)17(12)24-16(9)10-3-4-13-14(6-10)23-8-22-13/h3-7,9,16H,8H2,1-2H3,(H,19,20)/t9-,16-/m0/s1. The molecular weight excluding hydrogens is 312 g/mol. The summed E-state index contributed by atoms with van der Waals surface area (Å²) in [5, 5.41) is 9.28. The van der Waals surface area contributed by atoms with E-state index in [0.717, 1.165) is 11.1 Å². The van der Waals surface area contributed by atoms with Crippen LogP contribution in [0.4, 0.5) is 0 Å². The Morgan fingerprint density at radius 1 is 1.21 bits per heavy atom. The van der Waals surface area contributed by atoms with Crippen LogP contribution in [-0.2, 0) is 0 Å². The summed E-state index contributed by atoms with van der Waals surface area (Å²) >= 11 is 0. The van der Waals surface area contributed by atoms with Crippen LogP contribution in [0.3, 0.4) is 0 Å². The predicted octanol–water partition coefficient (Wildman–Crippen LogP) is 3.36. The first-order valence-corrected chi connectivity index (χ1v) is 7.60. The predicted molar refractivity (Wildman–Crippen MR) is 84.3 cm³/mol. The third kappa shape index (κ3) is 2.14. The normalized spacial score (nSPS) is 20.4. The first kappa shape index (κ1) is 14.7. The lowest BCUT2D eigenvalue weighted by Gasteiger charge is -2.16. The van der Waals surface area contributed by atoms with Gasteiger partial charge in [-0.3, -0.25) is 0 Å². The highest BCUT2D eigenvalue weighted by molar-refractivity contribution is 5.89. The first-order chi connectivity index (χ1) is 11.6. The van der Waals surface area contributed by atoms with Crippen molar-refractivity contribution >= 4 is 5.97 Å². The Balaban J connectivity index is 1.74. The molecule has 0 aliphatic carbocycles. The lowest BCUT2D eigenvalue weighted by Crippen LogP contribution is -2.07. The Hall–Kier alpha value is -2.89. The van der Waals surface area contributed by atoms with Crippen LogP contribution < -0.4 is 18.9 Å². The highest BCUT2D eigenvalue weighted by Gasteiger charge is 2.36. The number of carboxylic acids is 1. The number of rotatable bonds is 3. The molecular formula is C18H16O6. The molecule has 2 aromatic carbocycles. The highest BCUT2D eigenvalue weighted by atomic mass is 16.7. The number of methoxy groups -OCH3 is 1. The van der Waals surface area contributed by atoms with E-state index < -0.39 is 5.97 Å². The van der Waals surface area contributed by atoms with E-state index in [2.05, 4.69) is 0 Å². The van der Waals surface area contributed by atoms with Crippen LogP contribution in [0.1, 0.15) is 40.4 Å². The molecule has 2 heterocycles. The van der Waals surface area contributed by atoms with Crippen molar-refractivity contribution in [3.63, 3.8) is 0 Å². The van der Waals surface area contributed by atoms with E-state index in [9.17, 15) is 9.90 Å². The maximum atomic E-state index is 11.3. The number of aromatic carboxylic acids is 1. The van der Waals surface area contributed by atoms with Gasteiger partial charge in [-0.25, -0.2) is 4.79 Å². The van der Waals surface area contributed by atoms with Crippen molar-refractivity contribution < 1.29 is 28.8 Å². The molecule has 0 bridgehead atoms. The fourth-order valence-corrected chi connectivity index (χ4v) is 3.20. The minimum absolute atomic E-state index is 0.0198. The zero-order valence-electron chi connectivity index (χ0n) is 13.2. The average Bonchev–Trinajstić information content (AvgIpc) is 3.18. The summed E-state index contributed by atoms with van der Waals surface area (Å²) in [6.07, 6.45) is -0.243. The molecule has 1 N–H and O–H groups in total. The van der Waals surface area contributed by atoms with E-state index >= 15 is 0 Å². The molecule has 6 heteroatoms. The molecule has 0 unspecified atom stereocenters. The molecule has 0 saturated carbocycles. The van der Waals surface area contributed by atoms with Crippen LogP contribution in [0.2, 0.25) is 0 Å². The molecule has 2 aliphatic heterocycles. The minimum atomic E-state index is -0.991. The SMILES string of the molecule is COc1cc(C(=O)O)cc2c1O[C@H](c1ccc3c(c1)OCO3)[C@H]2C. The number of carbonyl (C=O) groups is 1. The van der Waals surface area contributed by atoms with E-state index in [1.165, 1.54) is 13.2 Å². The monoisotopic (exact) mass is 328 g/mol. The maximum absolute atomic E-state index is 11.3. The van der Waals surface area contributed by atoms with Gasteiger partial charge < -0.3 is 24.1 Å². The van der Waals surface area contributed by atoms with E-state index in [-0.39, 0.29) is 24.4 Å². The summed E-state index contributed by atoms with van der Waals surface area (Å²) in [5.74, 6) is 1.42. The van der Waals surface area contributed by atoms with Gasteiger partial charge >= 0.3 is 5.97 Å². The third-order valence-corrected chi connectivity index (χ3v) is 4.47. The summed E-state index contributed by atoms with van der Waals surface area (Å²) in [6, 6.07) is 8.83. The van der Waals surface area contributed by atoms with Crippen molar-refractivity contribution in [2.45, 2.75) is 18.9 Å². The van der Waals surface area contributed by atoms with Crippen molar-refractivity contribution in [2.24, 2.45) is 0 Å². The highest BCUT2D eigenvalue weighted by Crippen LogP contribution is 2.51. The van der Waals surface area contributed by atoms with Gasteiger partial charge in [0.2, 0.25) is 6.79 Å². The molecule has 124 valence electrons. The van der Waals surface area contributed by atoms with Gasteiger partial charge in [0.15, 0.2) is 23.0 Å². The smallest absolute Gasteiger partial charge is 0.335 e. The molecule has 0 radical (unpaired) electrons. The minimum Gasteiger partial charge on any atom is -0.493 e. The second-order valence-corrected chi connectivity index (χ2v) is 5.84. The van der Waals surface area contributed by atoms with Gasteiger partial charge in [0.25, 0.3) is 0 Å². The van der Waals surface area contributed by atoms with Crippen LogP contribution in [-0.4, -0.2) is 25.0 Å². The second kappa shape index (κ2) is 5.33. The molecule has 0 saturated heterocycles. The second-order valence-electron chi connectivity index (χ2n) is 5.84. The maximum Gasteiger partial charge on any atom is 0.335 e. The third-order valence-electron chi connectivity index (χ3n) is 4.47. The van der Waals surface area contributed by atoms with Crippen LogP contribution in [0.15, 0.2) is 30.3 Å². The van der Waals surface area contributed by atoms with Crippen molar-refractivity contribution in [3.05, 3.63) is 47.0 Å². The van der Waals surface area contributed by atoms with Crippen LogP contribution in [0, 0.1) is 0 Å². The number of fused-ring (bicyclic) bond motifs is 2. The molecule has 6 nitrogen and oxygen atoms in total. The number of carboxylic acid groups (broad SMARTS) is 1. The quantitative estimate of drug-likeness (QED) is 0.931. The largest absolute Gasteiger partial charge is 0.493 e. The first-order valence-electron chi connectivity index (χ1n) is 7.60. The van der Waals surface area contributed by atoms with Crippen molar-refractivity contribution in [2.75, 3.05) is 13.9 Å². The summed E-state index contributed by atoms with van der Waals surface area (Å²) in [7, 11) is 1.50. The number of ether oxygens (including phenoxy) is 4. The number of hydrogen-bond donors (Lipinski definition) is 1. The Labute approximate surface area is 138 Å². The average molecular weight is 328 g/mol. The Morgan fingerprint density at radius 3 is 2.75 bits per heavy atom. The van der Waals surface area contributed by atoms with Gasteiger partial charge in [-0.15, -0.1) is 0 Å². The van der Waals surface area contributed by atoms with Crippen molar-refractivity contribution in [1.29, 1.82) is 0 Å². The van der Waals surface area contributed by atoms with Crippen LogP contribution >= 0.6 is 0 Å². The van der Waals surface area contributed by atoms with E-state index in [1.54, 1.807) is 6.07 Å². The molecule has 0 fully saturated rings. The van der Waals surface area contributed by atoms with Crippen LogP contribution in [0.5, 0.6) is 23.0 Å². The Kier molecular flexibility index (Phi) is 3.26. The van der Waals surface area contributed by atoms with E-state index in [4.69, 9.17) is 18.9 Å². The van der Waals surface area contributed by atoms with Gasteiger partial charge in [-0.2, -0.15) is 0 Å². The fourth-order valence-electron chi connectivity index (χ4n) is 3.20. The van der Waals surface area contributed by atoms with Gasteiger partial charge in [-0.05, 0) is 29.8 Å². The van der Waals surface area contributed by atoms with Crippen LogP contribution in [0.25, 0.3) is 0 Å².